The fourth-order valence-corrected chi connectivity index (χ4v) is 2.04. The van der Waals surface area contributed by atoms with Crippen LogP contribution >= 0.6 is 0 Å². The molecule has 1 aromatic heterocycles. The van der Waals surface area contributed by atoms with E-state index in [0.717, 1.165) is 5.56 Å². The molecule has 1 aliphatic rings. The first-order chi connectivity index (χ1) is 8.53. The molecule has 1 aliphatic heterocycles. The number of hydrogen-bond acceptors (Lipinski definition) is 4. The van der Waals surface area contributed by atoms with E-state index in [0.29, 0.717) is 18.7 Å². The van der Waals surface area contributed by atoms with Gasteiger partial charge >= 0.3 is 0 Å². The van der Waals surface area contributed by atoms with Crippen LogP contribution in [0.1, 0.15) is 29.4 Å². The summed E-state index contributed by atoms with van der Waals surface area (Å²) in [5.41, 5.74) is 0.239. The molecule has 5 heteroatoms. The minimum absolute atomic E-state index is 0.184. The van der Waals surface area contributed by atoms with E-state index in [1.165, 1.54) is 0 Å². The number of carbonyl (C=O) groups is 1. The minimum Gasteiger partial charge on any atom is -0.385 e. The number of nitrogens with one attached hydrogen (secondary N) is 1. The van der Waals surface area contributed by atoms with Crippen LogP contribution in [0.5, 0.6) is 0 Å². The largest absolute Gasteiger partial charge is 0.385 e. The van der Waals surface area contributed by atoms with Gasteiger partial charge in [-0.2, -0.15) is 0 Å². The number of amides is 1. The molecule has 0 spiro atoms. The van der Waals surface area contributed by atoms with Crippen LogP contribution in [0.4, 0.5) is 0 Å². The van der Waals surface area contributed by atoms with Crippen LogP contribution in [0, 0.1) is 6.92 Å². The van der Waals surface area contributed by atoms with E-state index in [9.17, 15) is 9.90 Å². The number of ether oxygens (including phenoxy) is 1. The van der Waals surface area contributed by atoms with Gasteiger partial charge in [0.05, 0.1) is 6.10 Å². The Labute approximate surface area is 106 Å². The lowest BCUT2D eigenvalue weighted by Gasteiger charge is -2.26. The summed E-state index contributed by atoms with van der Waals surface area (Å²) < 4.78 is 5.31. The van der Waals surface area contributed by atoms with Crippen LogP contribution in [-0.4, -0.2) is 40.9 Å². The topological polar surface area (TPSA) is 71.5 Å². The Bertz CT molecular complexity index is 450. The van der Waals surface area contributed by atoms with Crippen molar-refractivity contribution in [1.82, 2.24) is 10.3 Å². The van der Waals surface area contributed by atoms with E-state index in [2.05, 4.69) is 10.3 Å². The van der Waals surface area contributed by atoms with E-state index in [1.807, 2.05) is 19.9 Å². The number of aliphatic hydroxyl groups is 1. The second kappa shape index (κ2) is 5.04. The number of aryl methyl sites for hydroxylation is 1. The van der Waals surface area contributed by atoms with Crippen LogP contribution in [0.25, 0.3) is 0 Å². The maximum atomic E-state index is 11.9. The average Bonchev–Trinajstić information content (AvgIpc) is 2.68. The van der Waals surface area contributed by atoms with Gasteiger partial charge in [0.25, 0.3) is 5.91 Å². The van der Waals surface area contributed by atoms with E-state index in [1.54, 1.807) is 12.3 Å². The number of rotatable bonds is 3. The highest BCUT2D eigenvalue weighted by atomic mass is 16.5. The molecule has 2 atom stereocenters. The highest BCUT2D eigenvalue weighted by Crippen LogP contribution is 2.24. The number of nitrogens with zero attached hydrogens (tertiary/aromatic N) is 1. The van der Waals surface area contributed by atoms with Gasteiger partial charge in [0, 0.05) is 25.8 Å². The average molecular weight is 250 g/mol. The molecule has 2 rings (SSSR count). The standard InChI is InChI=1S/C13H18N2O3/c1-9-4-3-6-14-11(9)12(16)15-8-13(17)5-7-18-10(13)2/h3-4,6,10,17H,5,7-8H2,1-2H3,(H,15,16). The summed E-state index contributed by atoms with van der Waals surface area (Å²) in [7, 11) is 0. The summed E-state index contributed by atoms with van der Waals surface area (Å²) in [6.45, 7) is 4.35. The Kier molecular flexibility index (Phi) is 3.63. The summed E-state index contributed by atoms with van der Waals surface area (Å²) in [5, 5.41) is 13.0. The summed E-state index contributed by atoms with van der Waals surface area (Å²) in [5.74, 6) is -0.263. The summed E-state index contributed by atoms with van der Waals surface area (Å²) in [4.78, 5) is 16.0. The van der Waals surface area contributed by atoms with Crippen LogP contribution in [-0.2, 0) is 4.74 Å². The molecule has 2 N–H and O–H groups in total. The third-order valence-electron chi connectivity index (χ3n) is 3.44. The SMILES string of the molecule is Cc1cccnc1C(=O)NCC1(O)CCOC1C. The Morgan fingerprint density at radius 2 is 2.50 bits per heavy atom. The normalized spacial score (nSPS) is 27.2. The second-order valence-corrected chi connectivity index (χ2v) is 4.72. The molecule has 18 heavy (non-hydrogen) atoms. The molecule has 5 nitrogen and oxygen atoms in total. The Hall–Kier alpha value is -1.46. The van der Waals surface area contributed by atoms with E-state index >= 15 is 0 Å². The van der Waals surface area contributed by atoms with Crippen molar-refractivity contribution in [3.63, 3.8) is 0 Å². The molecule has 98 valence electrons. The zero-order valence-electron chi connectivity index (χ0n) is 10.6. The molecular weight excluding hydrogens is 232 g/mol. The molecular formula is C13H18N2O3. The minimum atomic E-state index is -0.974. The van der Waals surface area contributed by atoms with Gasteiger partial charge in [-0.3, -0.25) is 9.78 Å². The lowest BCUT2D eigenvalue weighted by atomic mass is 9.96. The smallest absolute Gasteiger partial charge is 0.270 e. The van der Waals surface area contributed by atoms with Crippen molar-refractivity contribution in [3.05, 3.63) is 29.6 Å². The van der Waals surface area contributed by atoms with Crippen molar-refractivity contribution in [2.75, 3.05) is 13.2 Å². The van der Waals surface area contributed by atoms with Crippen LogP contribution in [0.3, 0.4) is 0 Å². The highest BCUT2D eigenvalue weighted by Gasteiger charge is 2.39. The molecule has 1 amide bonds. The van der Waals surface area contributed by atoms with Gasteiger partial charge < -0.3 is 15.2 Å². The third-order valence-corrected chi connectivity index (χ3v) is 3.44. The van der Waals surface area contributed by atoms with Crippen LogP contribution < -0.4 is 5.32 Å². The maximum absolute atomic E-state index is 11.9. The van der Waals surface area contributed by atoms with Gasteiger partial charge in [-0.15, -0.1) is 0 Å². The highest BCUT2D eigenvalue weighted by molar-refractivity contribution is 5.93. The van der Waals surface area contributed by atoms with Crippen molar-refractivity contribution in [3.8, 4) is 0 Å². The molecule has 0 aromatic carbocycles. The molecule has 0 saturated carbocycles. The van der Waals surface area contributed by atoms with E-state index in [-0.39, 0.29) is 18.6 Å². The first-order valence-corrected chi connectivity index (χ1v) is 6.07. The lowest BCUT2D eigenvalue weighted by molar-refractivity contribution is -0.0252. The first-order valence-electron chi connectivity index (χ1n) is 6.07. The lowest BCUT2D eigenvalue weighted by Crippen LogP contribution is -2.47. The van der Waals surface area contributed by atoms with Crippen molar-refractivity contribution in [2.24, 2.45) is 0 Å². The van der Waals surface area contributed by atoms with Crippen molar-refractivity contribution < 1.29 is 14.6 Å². The van der Waals surface area contributed by atoms with E-state index in [4.69, 9.17) is 4.74 Å². The molecule has 1 fully saturated rings. The Morgan fingerprint density at radius 1 is 1.72 bits per heavy atom. The van der Waals surface area contributed by atoms with Gasteiger partial charge in [-0.25, -0.2) is 0 Å². The predicted molar refractivity (Wildman–Crippen MR) is 66.3 cm³/mol. The van der Waals surface area contributed by atoms with Gasteiger partial charge in [0.15, 0.2) is 0 Å². The maximum Gasteiger partial charge on any atom is 0.270 e. The Balaban J connectivity index is 1.99. The molecule has 0 radical (unpaired) electrons. The fraction of sp³-hybridized carbons (Fsp3) is 0.538. The fourth-order valence-electron chi connectivity index (χ4n) is 2.04. The zero-order chi connectivity index (χ0) is 13.2. The van der Waals surface area contributed by atoms with Gasteiger partial charge in [-0.05, 0) is 25.5 Å². The molecule has 1 saturated heterocycles. The van der Waals surface area contributed by atoms with Crippen LogP contribution in [0.15, 0.2) is 18.3 Å². The molecule has 2 unspecified atom stereocenters. The van der Waals surface area contributed by atoms with Crippen LogP contribution in [0.2, 0.25) is 0 Å². The van der Waals surface area contributed by atoms with Crippen molar-refractivity contribution in [1.29, 1.82) is 0 Å². The first kappa shape index (κ1) is 13.0. The quantitative estimate of drug-likeness (QED) is 0.826. The molecule has 2 heterocycles. The summed E-state index contributed by atoms with van der Waals surface area (Å²) in [6.07, 6.45) is 1.86. The molecule has 0 aliphatic carbocycles. The zero-order valence-corrected chi connectivity index (χ0v) is 10.6. The number of pyridine rings is 1. The summed E-state index contributed by atoms with van der Waals surface area (Å²) in [6, 6.07) is 3.62. The number of carbonyl (C=O) groups excluding carboxylic acids is 1. The van der Waals surface area contributed by atoms with Crippen molar-refractivity contribution in [2.45, 2.75) is 32.0 Å². The monoisotopic (exact) mass is 250 g/mol. The number of hydrogen-bond donors (Lipinski definition) is 2. The Morgan fingerprint density at radius 3 is 3.11 bits per heavy atom. The molecule has 0 bridgehead atoms. The third kappa shape index (κ3) is 2.52. The predicted octanol–water partition coefficient (Wildman–Crippen LogP) is 0.660. The van der Waals surface area contributed by atoms with Crippen molar-refractivity contribution >= 4 is 5.91 Å². The van der Waals surface area contributed by atoms with E-state index < -0.39 is 5.60 Å². The second-order valence-electron chi connectivity index (χ2n) is 4.72. The molecule has 1 aromatic rings. The number of aromatic nitrogens is 1. The van der Waals surface area contributed by atoms with Gasteiger partial charge in [-0.1, -0.05) is 6.07 Å². The van der Waals surface area contributed by atoms with Gasteiger partial charge in [0.2, 0.25) is 0 Å². The van der Waals surface area contributed by atoms with Gasteiger partial charge in [0.1, 0.15) is 11.3 Å². The summed E-state index contributed by atoms with van der Waals surface area (Å²) >= 11 is 0.